The topological polar surface area (TPSA) is 6.48 Å². The lowest BCUT2D eigenvalue weighted by Gasteiger charge is -2.47. The van der Waals surface area contributed by atoms with Gasteiger partial charge in [0.05, 0.1) is 15.2 Å². The van der Waals surface area contributed by atoms with Crippen molar-refractivity contribution in [3.63, 3.8) is 0 Å². The van der Waals surface area contributed by atoms with Crippen molar-refractivity contribution in [3.05, 3.63) is 27.7 Å². The molecule has 2 nitrogen and oxygen atoms in total. The van der Waals surface area contributed by atoms with Gasteiger partial charge in [-0.1, -0.05) is 31.5 Å². The van der Waals surface area contributed by atoms with Gasteiger partial charge in [0.15, 0.2) is 0 Å². The Bertz CT molecular complexity index is 491. The highest BCUT2D eigenvalue weighted by atomic mass is 79.9. The molecule has 2 atom stereocenters. The first-order valence-electron chi connectivity index (χ1n) is 7.52. The molecule has 2 unspecified atom stereocenters. The highest BCUT2D eigenvalue weighted by Gasteiger charge is 2.38. The summed E-state index contributed by atoms with van der Waals surface area (Å²) in [6, 6.07) is 7.48. The minimum absolute atomic E-state index is 0.569. The zero-order chi connectivity index (χ0) is 14.3. The van der Waals surface area contributed by atoms with Crippen LogP contribution in [0.25, 0.3) is 0 Å². The van der Waals surface area contributed by atoms with Crippen molar-refractivity contribution >= 4 is 33.2 Å². The average molecular weight is 358 g/mol. The molecule has 2 saturated heterocycles. The van der Waals surface area contributed by atoms with Gasteiger partial charge in [0.25, 0.3) is 0 Å². The molecule has 1 aromatic carbocycles. The minimum atomic E-state index is 0.569. The van der Waals surface area contributed by atoms with Gasteiger partial charge in [0.2, 0.25) is 0 Å². The van der Waals surface area contributed by atoms with E-state index in [1.165, 1.54) is 31.6 Å². The summed E-state index contributed by atoms with van der Waals surface area (Å²) in [5.41, 5.74) is 1.25. The first-order valence-corrected chi connectivity index (χ1v) is 8.69. The van der Waals surface area contributed by atoms with Gasteiger partial charge in [-0.15, -0.1) is 0 Å². The van der Waals surface area contributed by atoms with Crippen LogP contribution in [-0.4, -0.2) is 36.6 Å². The Morgan fingerprint density at radius 2 is 2.10 bits per heavy atom. The summed E-state index contributed by atoms with van der Waals surface area (Å²) in [7, 11) is 0. The molecule has 0 amide bonds. The van der Waals surface area contributed by atoms with Crippen molar-refractivity contribution in [2.75, 3.05) is 24.5 Å². The molecule has 0 saturated carbocycles. The van der Waals surface area contributed by atoms with Crippen LogP contribution in [0, 0.1) is 5.92 Å². The summed E-state index contributed by atoms with van der Waals surface area (Å²) in [4.78, 5) is 5.26. The van der Waals surface area contributed by atoms with E-state index in [0.29, 0.717) is 12.0 Å². The summed E-state index contributed by atoms with van der Waals surface area (Å²) >= 11 is 9.97. The number of hydrogen-bond donors (Lipinski definition) is 0. The van der Waals surface area contributed by atoms with E-state index in [9.17, 15) is 0 Å². The van der Waals surface area contributed by atoms with Gasteiger partial charge < -0.3 is 4.90 Å². The Hall–Kier alpha value is -0.250. The molecule has 0 aromatic heterocycles. The third kappa shape index (κ3) is 2.60. The highest BCUT2D eigenvalue weighted by Crippen LogP contribution is 2.38. The molecule has 20 heavy (non-hydrogen) atoms. The van der Waals surface area contributed by atoms with E-state index < -0.39 is 0 Å². The molecule has 0 aliphatic carbocycles. The molecule has 2 aliphatic heterocycles. The number of nitrogens with zero attached hydrogens (tertiary/aromatic N) is 2. The highest BCUT2D eigenvalue weighted by molar-refractivity contribution is 9.10. The van der Waals surface area contributed by atoms with Crippen LogP contribution in [-0.2, 0) is 0 Å². The Kier molecular flexibility index (Phi) is 4.30. The summed E-state index contributed by atoms with van der Waals surface area (Å²) in [5.74, 6) is 0.641. The van der Waals surface area contributed by atoms with Crippen molar-refractivity contribution in [1.29, 1.82) is 0 Å². The minimum Gasteiger partial charge on any atom is -0.364 e. The maximum absolute atomic E-state index is 6.29. The number of hydrogen-bond acceptors (Lipinski definition) is 2. The fourth-order valence-electron chi connectivity index (χ4n) is 3.61. The molecule has 0 bridgehead atoms. The Morgan fingerprint density at radius 1 is 1.30 bits per heavy atom. The Balaban J connectivity index is 1.94. The number of piperazine rings is 1. The first-order chi connectivity index (χ1) is 9.58. The number of fused-ring (bicyclic) bond motifs is 1. The predicted molar refractivity (Wildman–Crippen MR) is 89.7 cm³/mol. The molecule has 110 valence electrons. The summed E-state index contributed by atoms with van der Waals surface area (Å²) in [5, 5.41) is 0.804. The maximum Gasteiger partial charge on any atom is 0.0595 e. The lowest BCUT2D eigenvalue weighted by molar-refractivity contribution is 0.176. The monoisotopic (exact) mass is 356 g/mol. The zero-order valence-corrected chi connectivity index (χ0v) is 14.5. The van der Waals surface area contributed by atoms with Crippen molar-refractivity contribution in [3.8, 4) is 0 Å². The molecule has 0 N–H and O–H groups in total. The van der Waals surface area contributed by atoms with Gasteiger partial charge >= 0.3 is 0 Å². The van der Waals surface area contributed by atoms with Gasteiger partial charge in [0.1, 0.15) is 0 Å². The van der Waals surface area contributed by atoms with Gasteiger partial charge in [-0.25, -0.2) is 0 Å². The van der Waals surface area contributed by atoms with Crippen molar-refractivity contribution in [2.45, 2.75) is 38.8 Å². The van der Waals surface area contributed by atoms with Crippen molar-refractivity contribution < 1.29 is 0 Å². The summed E-state index contributed by atoms with van der Waals surface area (Å²) in [6.07, 6.45) is 2.68. The maximum atomic E-state index is 6.29. The van der Waals surface area contributed by atoms with Crippen LogP contribution in [0.15, 0.2) is 22.7 Å². The number of anilines is 1. The quantitative estimate of drug-likeness (QED) is 0.773. The molecule has 0 spiro atoms. The average Bonchev–Trinajstić information content (AvgIpc) is 2.87. The lowest BCUT2D eigenvalue weighted by Crippen LogP contribution is -2.58. The van der Waals surface area contributed by atoms with E-state index in [0.717, 1.165) is 22.1 Å². The number of benzene rings is 1. The predicted octanol–water partition coefficient (Wildman–Crippen LogP) is 4.41. The molecular formula is C16H22BrClN2. The standard InChI is InChI=1S/C16H22BrClN2/c1-11(2)15-10-19-8-4-5-12(19)9-20(15)14-7-3-6-13(18)16(14)17/h3,6-7,11-12,15H,4-5,8-10H2,1-2H3. The Morgan fingerprint density at radius 3 is 2.85 bits per heavy atom. The van der Waals surface area contributed by atoms with E-state index in [1.807, 2.05) is 6.07 Å². The third-order valence-electron chi connectivity index (χ3n) is 4.74. The largest absolute Gasteiger partial charge is 0.364 e. The van der Waals surface area contributed by atoms with Crippen LogP contribution in [0.2, 0.25) is 5.02 Å². The number of halogens is 2. The SMILES string of the molecule is CC(C)C1CN2CCCC2CN1c1cccc(Cl)c1Br. The normalized spacial score (nSPS) is 27.1. The van der Waals surface area contributed by atoms with Gasteiger partial charge in [-0.2, -0.15) is 0 Å². The second kappa shape index (κ2) is 5.86. The van der Waals surface area contributed by atoms with Gasteiger partial charge in [0, 0.05) is 25.2 Å². The third-order valence-corrected chi connectivity index (χ3v) is 6.12. The second-order valence-corrected chi connectivity index (χ2v) is 7.53. The second-order valence-electron chi connectivity index (χ2n) is 6.33. The van der Waals surface area contributed by atoms with Crippen LogP contribution in [0.5, 0.6) is 0 Å². The van der Waals surface area contributed by atoms with Crippen molar-refractivity contribution in [1.82, 2.24) is 4.90 Å². The first kappa shape index (κ1) is 14.7. The van der Waals surface area contributed by atoms with E-state index in [2.05, 4.69) is 51.7 Å². The van der Waals surface area contributed by atoms with Crippen molar-refractivity contribution in [2.24, 2.45) is 5.92 Å². The van der Waals surface area contributed by atoms with E-state index in [1.54, 1.807) is 0 Å². The molecule has 1 aromatic rings. The van der Waals surface area contributed by atoms with Crippen LogP contribution in [0.3, 0.4) is 0 Å². The molecule has 2 aliphatic rings. The number of rotatable bonds is 2. The smallest absolute Gasteiger partial charge is 0.0595 e. The van der Waals surface area contributed by atoms with Crippen LogP contribution >= 0.6 is 27.5 Å². The van der Waals surface area contributed by atoms with Crippen LogP contribution in [0.1, 0.15) is 26.7 Å². The zero-order valence-electron chi connectivity index (χ0n) is 12.1. The lowest BCUT2D eigenvalue weighted by atomic mass is 9.96. The fourth-order valence-corrected chi connectivity index (χ4v) is 4.27. The fraction of sp³-hybridized carbons (Fsp3) is 0.625. The van der Waals surface area contributed by atoms with Crippen LogP contribution < -0.4 is 4.90 Å². The van der Waals surface area contributed by atoms with Gasteiger partial charge in [-0.05, 0) is 53.4 Å². The van der Waals surface area contributed by atoms with E-state index in [4.69, 9.17) is 11.6 Å². The van der Waals surface area contributed by atoms with Gasteiger partial charge in [-0.3, -0.25) is 4.90 Å². The van der Waals surface area contributed by atoms with E-state index in [-0.39, 0.29) is 0 Å². The Labute approximate surface area is 135 Å². The molecule has 4 heteroatoms. The molecule has 3 rings (SSSR count). The summed E-state index contributed by atoms with van der Waals surface area (Å²) < 4.78 is 1.04. The van der Waals surface area contributed by atoms with Crippen LogP contribution in [0.4, 0.5) is 5.69 Å². The molecular weight excluding hydrogens is 336 g/mol. The van der Waals surface area contributed by atoms with E-state index >= 15 is 0 Å². The summed E-state index contributed by atoms with van der Waals surface area (Å²) in [6.45, 7) is 8.24. The molecule has 2 heterocycles. The molecule has 2 fully saturated rings. The molecule has 0 radical (unpaired) electrons.